The molecule has 0 atom stereocenters. The molecule has 3 aromatic carbocycles. The molecule has 1 aliphatic heterocycles. The number of halogens is 1. The number of hydrogen-bond donors (Lipinski definition) is 0. The second kappa shape index (κ2) is 20.5. The minimum absolute atomic E-state index is 0. The van der Waals surface area contributed by atoms with Crippen molar-refractivity contribution in [3.05, 3.63) is 76.6 Å². The van der Waals surface area contributed by atoms with Gasteiger partial charge in [-0.3, -0.25) is 9.59 Å². The summed E-state index contributed by atoms with van der Waals surface area (Å²) >= 11 is 0. The Morgan fingerprint density at radius 1 is 0.741 bits per heavy atom. The van der Waals surface area contributed by atoms with Crippen molar-refractivity contribution in [2.45, 2.75) is 72.1 Å². The number of ether oxygens (including phenoxy) is 5. The van der Waals surface area contributed by atoms with Gasteiger partial charge in [0, 0.05) is 60.6 Å². The third-order valence-corrected chi connectivity index (χ3v) is 10.2. The number of pyridine rings is 1. The molecule has 1 saturated heterocycles. The van der Waals surface area contributed by atoms with Crippen molar-refractivity contribution >= 4 is 22.5 Å². The molecule has 1 aliphatic rings. The number of fused-ring (bicyclic) bond motifs is 1. The fraction of sp³-hybridized carbons (Fsp3) is 0.488. The first kappa shape index (κ1) is 42.5. The quantitative estimate of drug-likeness (QED) is 0.0923. The number of quaternary nitrogens is 1. The van der Waals surface area contributed by atoms with Gasteiger partial charge in [0.25, 0.3) is 5.91 Å². The minimum Gasteiger partial charge on any atom is -1.00 e. The van der Waals surface area contributed by atoms with Gasteiger partial charge in [0.1, 0.15) is 34.3 Å². The Hall–Kier alpha value is -4.22. The number of hydrogen-bond acceptors (Lipinski definition) is 7. The number of unbranched alkanes of at least 4 members (excludes halogenated alkanes) is 4. The number of rotatable bonds is 19. The lowest BCUT2D eigenvalue weighted by Gasteiger charge is -2.37. The van der Waals surface area contributed by atoms with Gasteiger partial charge in [-0.05, 0) is 71.4 Å². The van der Waals surface area contributed by atoms with E-state index in [0.29, 0.717) is 77.4 Å². The van der Waals surface area contributed by atoms with Gasteiger partial charge in [-0.15, -0.1) is 0 Å². The van der Waals surface area contributed by atoms with Crippen LogP contribution in [0.3, 0.4) is 0 Å². The standard InChI is InChI=1S/C43H58N3O7.BrH/c1-7-44(32-24-35(49-5)28-36(25-32)50-6)43(48)40-31-45(33-26-37(51-8-2)29-38(27-33)52-9-3)41-30-34(18-19-39(41)42(40)47)53-23-17-12-10-11-14-20-46(4)21-15-13-16-22-46;/h18-19,24-31H,7-17,20-23H2,1-6H3;1H/q+1;/p-1. The molecular weight excluding hydrogens is 750 g/mol. The normalized spacial score (nSPS) is 13.5. The maximum absolute atomic E-state index is 14.4. The Labute approximate surface area is 331 Å². The van der Waals surface area contributed by atoms with E-state index in [9.17, 15) is 9.59 Å². The lowest BCUT2D eigenvalue weighted by molar-refractivity contribution is -0.914. The number of aromatic nitrogens is 1. The number of carbonyl (C=O) groups excluding carboxylic acids is 1. The number of carbonyl (C=O) groups is 1. The van der Waals surface area contributed by atoms with Crippen molar-refractivity contribution in [3.8, 4) is 34.4 Å². The van der Waals surface area contributed by atoms with E-state index in [1.807, 2.05) is 55.7 Å². The molecule has 11 heteroatoms. The Bertz CT molecular complexity index is 1840. The van der Waals surface area contributed by atoms with Crippen LogP contribution < -0.4 is 51.0 Å². The highest BCUT2D eigenvalue weighted by atomic mass is 79.9. The Morgan fingerprint density at radius 2 is 1.35 bits per heavy atom. The Morgan fingerprint density at radius 3 is 1.96 bits per heavy atom. The molecule has 0 spiro atoms. The largest absolute Gasteiger partial charge is 1.00 e. The summed E-state index contributed by atoms with van der Waals surface area (Å²) in [6, 6.07) is 16.3. The molecular formula is C43H58BrN3O7. The zero-order valence-corrected chi connectivity index (χ0v) is 34.5. The summed E-state index contributed by atoms with van der Waals surface area (Å²) in [6.45, 7) is 11.5. The number of likely N-dealkylation sites (tertiary alicyclic amines) is 1. The Kier molecular flexibility index (Phi) is 16.1. The molecule has 0 unspecified atom stereocenters. The highest BCUT2D eigenvalue weighted by molar-refractivity contribution is 6.07. The number of benzene rings is 3. The lowest BCUT2D eigenvalue weighted by atomic mass is 10.1. The van der Waals surface area contributed by atoms with Crippen molar-refractivity contribution < 1.29 is 49.9 Å². The Balaban J connectivity index is 0.00000650. The molecule has 1 amide bonds. The minimum atomic E-state index is -0.443. The van der Waals surface area contributed by atoms with Gasteiger partial charge < -0.3 is 54.6 Å². The van der Waals surface area contributed by atoms with Crippen LogP contribution in [0.2, 0.25) is 0 Å². The summed E-state index contributed by atoms with van der Waals surface area (Å²) in [5, 5.41) is 0.396. The third-order valence-electron chi connectivity index (χ3n) is 10.2. The van der Waals surface area contributed by atoms with Gasteiger partial charge in [-0.2, -0.15) is 0 Å². The zero-order valence-electron chi connectivity index (χ0n) is 33.0. The number of nitrogens with zero attached hydrogens (tertiary/aromatic N) is 3. The maximum atomic E-state index is 14.4. The molecule has 2 heterocycles. The second-order valence-corrected chi connectivity index (χ2v) is 14.0. The fourth-order valence-corrected chi connectivity index (χ4v) is 7.31. The molecule has 54 heavy (non-hydrogen) atoms. The van der Waals surface area contributed by atoms with E-state index >= 15 is 0 Å². The van der Waals surface area contributed by atoms with Crippen LogP contribution >= 0.6 is 0 Å². The van der Waals surface area contributed by atoms with Crippen LogP contribution in [-0.4, -0.2) is 82.2 Å². The molecule has 0 bridgehead atoms. The highest BCUT2D eigenvalue weighted by Crippen LogP contribution is 2.32. The van der Waals surface area contributed by atoms with Gasteiger partial charge in [0.2, 0.25) is 5.43 Å². The van der Waals surface area contributed by atoms with Gasteiger partial charge in [-0.25, -0.2) is 0 Å². The summed E-state index contributed by atoms with van der Waals surface area (Å²) in [6.07, 6.45) is 11.5. The van der Waals surface area contributed by atoms with Crippen LogP contribution in [0.5, 0.6) is 28.7 Å². The topological polar surface area (TPSA) is 88.5 Å². The fourth-order valence-electron chi connectivity index (χ4n) is 7.31. The molecule has 0 radical (unpaired) electrons. The monoisotopic (exact) mass is 807 g/mol. The van der Waals surface area contributed by atoms with Crippen molar-refractivity contribution in [1.82, 2.24) is 4.57 Å². The third kappa shape index (κ3) is 10.7. The summed E-state index contributed by atoms with van der Waals surface area (Å²) in [7, 11) is 5.54. The van der Waals surface area contributed by atoms with Crippen LogP contribution in [0.25, 0.3) is 16.6 Å². The van der Waals surface area contributed by atoms with E-state index in [1.165, 1.54) is 62.6 Å². The van der Waals surface area contributed by atoms with Crippen molar-refractivity contribution in [2.75, 3.05) is 72.2 Å². The predicted molar refractivity (Wildman–Crippen MR) is 212 cm³/mol. The molecule has 1 aromatic heterocycles. The summed E-state index contributed by atoms with van der Waals surface area (Å²) in [4.78, 5) is 30.1. The number of methoxy groups -OCH3 is 2. The summed E-state index contributed by atoms with van der Waals surface area (Å²) in [5.74, 6) is 2.53. The van der Waals surface area contributed by atoms with E-state index in [-0.39, 0.29) is 28.0 Å². The van der Waals surface area contributed by atoms with Crippen LogP contribution in [0.4, 0.5) is 5.69 Å². The lowest BCUT2D eigenvalue weighted by Crippen LogP contribution is -3.00. The van der Waals surface area contributed by atoms with Crippen LogP contribution in [-0.2, 0) is 0 Å². The van der Waals surface area contributed by atoms with Crippen molar-refractivity contribution in [1.29, 1.82) is 0 Å². The van der Waals surface area contributed by atoms with E-state index in [1.54, 1.807) is 49.6 Å². The van der Waals surface area contributed by atoms with E-state index < -0.39 is 5.91 Å². The van der Waals surface area contributed by atoms with E-state index in [2.05, 4.69) is 7.05 Å². The van der Waals surface area contributed by atoms with Crippen molar-refractivity contribution in [2.24, 2.45) is 0 Å². The first-order valence-electron chi connectivity index (χ1n) is 19.3. The van der Waals surface area contributed by atoms with Crippen molar-refractivity contribution in [3.63, 3.8) is 0 Å². The average molecular weight is 809 g/mol. The van der Waals surface area contributed by atoms with Crippen LogP contribution in [0, 0.1) is 0 Å². The zero-order chi connectivity index (χ0) is 37.8. The first-order chi connectivity index (χ1) is 25.7. The van der Waals surface area contributed by atoms with Gasteiger partial charge in [0.05, 0.1) is 77.6 Å². The first-order valence-corrected chi connectivity index (χ1v) is 19.3. The van der Waals surface area contributed by atoms with Gasteiger partial charge in [0.15, 0.2) is 0 Å². The number of piperidine rings is 1. The molecule has 0 aliphatic carbocycles. The van der Waals surface area contributed by atoms with Crippen LogP contribution in [0.1, 0.15) is 82.5 Å². The number of amides is 1. The molecule has 4 aromatic rings. The SMILES string of the molecule is CCOc1cc(OCC)cc(-n2cc(C(=O)N(CC)c3cc(OC)cc(OC)c3)c(=O)c3ccc(OCCCCCCC[N+]4(C)CCCCC4)cc32)c1.[Br-]. The number of anilines is 1. The predicted octanol–water partition coefficient (Wildman–Crippen LogP) is 5.44. The summed E-state index contributed by atoms with van der Waals surface area (Å²) in [5.41, 5.74) is 1.50. The molecule has 0 N–H and O–H groups in total. The average Bonchev–Trinajstić information content (AvgIpc) is 3.16. The molecule has 0 saturated carbocycles. The van der Waals surface area contributed by atoms with Gasteiger partial charge >= 0.3 is 0 Å². The van der Waals surface area contributed by atoms with Crippen LogP contribution in [0.15, 0.2) is 65.6 Å². The summed E-state index contributed by atoms with van der Waals surface area (Å²) < 4.78 is 32.1. The maximum Gasteiger partial charge on any atom is 0.263 e. The molecule has 1 fully saturated rings. The molecule has 5 rings (SSSR count). The molecule has 10 nitrogen and oxygen atoms in total. The smallest absolute Gasteiger partial charge is 0.263 e. The van der Waals surface area contributed by atoms with E-state index in [0.717, 1.165) is 12.8 Å². The molecule has 294 valence electrons. The van der Waals surface area contributed by atoms with E-state index in [4.69, 9.17) is 23.7 Å². The highest BCUT2D eigenvalue weighted by Gasteiger charge is 2.25. The van der Waals surface area contributed by atoms with Gasteiger partial charge in [-0.1, -0.05) is 12.8 Å². The second-order valence-electron chi connectivity index (χ2n) is 14.0.